The van der Waals surface area contributed by atoms with Crippen molar-refractivity contribution in [3.05, 3.63) is 29.7 Å². The summed E-state index contributed by atoms with van der Waals surface area (Å²) in [6.07, 6.45) is 4.20. The molecular weight excluding hydrogens is 333 g/mol. The number of carbonyl (C=O) groups is 1. The molecule has 2 aliphatic heterocycles. The molecule has 138 valence electrons. The number of fused-ring (bicyclic) bond motifs is 1. The third-order valence-electron chi connectivity index (χ3n) is 6.79. The van der Waals surface area contributed by atoms with Gasteiger partial charge in [0.1, 0.15) is 5.82 Å². The van der Waals surface area contributed by atoms with Crippen LogP contribution in [0.25, 0.3) is 10.9 Å². The number of piperidine rings is 2. The Morgan fingerprint density at radius 3 is 2.65 bits per heavy atom. The van der Waals surface area contributed by atoms with Crippen LogP contribution >= 0.6 is 0 Å². The number of amides is 1. The molecule has 5 nitrogen and oxygen atoms in total. The smallest absolute Gasteiger partial charge is 0.232 e. The highest BCUT2D eigenvalue weighted by Gasteiger charge is 2.55. The summed E-state index contributed by atoms with van der Waals surface area (Å²) in [4.78, 5) is 15.4. The van der Waals surface area contributed by atoms with Crippen LogP contribution < -0.4 is 0 Å². The number of rotatable bonds is 2. The van der Waals surface area contributed by atoms with Gasteiger partial charge in [-0.3, -0.25) is 9.48 Å². The SMILES string of the molecule is CC(C(=O)N1C2CC3CC1CC(O)(C3)C2)c1nn(C)c2cccc(F)c12. The second kappa shape index (κ2) is 5.28. The number of nitrogens with zero attached hydrogens (tertiary/aromatic N) is 3. The number of hydrogen-bond donors (Lipinski definition) is 1. The number of hydrogen-bond acceptors (Lipinski definition) is 3. The average molecular weight is 357 g/mol. The molecule has 4 aliphatic rings. The number of aliphatic hydroxyl groups is 1. The van der Waals surface area contributed by atoms with Crippen molar-refractivity contribution in [2.24, 2.45) is 13.0 Å². The second-order valence-electron chi connectivity index (χ2n) is 8.59. The lowest BCUT2D eigenvalue weighted by molar-refractivity contribution is -0.175. The van der Waals surface area contributed by atoms with Crippen molar-refractivity contribution in [2.45, 2.75) is 62.6 Å². The van der Waals surface area contributed by atoms with Gasteiger partial charge in [-0.1, -0.05) is 6.07 Å². The van der Waals surface area contributed by atoms with E-state index >= 15 is 0 Å². The van der Waals surface area contributed by atoms with Gasteiger partial charge in [0.15, 0.2) is 0 Å². The Bertz CT molecular complexity index is 892. The Hall–Kier alpha value is -1.95. The molecule has 1 aromatic heterocycles. The molecule has 1 aromatic carbocycles. The van der Waals surface area contributed by atoms with Crippen LogP contribution in [0.2, 0.25) is 0 Å². The molecule has 4 fully saturated rings. The predicted octanol–water partition coefficient (Wildman–Crippen LogP) is 2.72. The number of halogens is 1. The maximum atomic E-state index is 14.5. The summed E-state index contributed by atoms with van der Waals surface area (Å²) in [5.74, 6) is -0.280. The Kier molecular flexibility index (Phi) is 3.30. The van der Waals surface area contributed by atoms with Crippen LogP contribution in [0.4, 0.5) is 4.39 Å². The third kappa shape index (κ3) is 2.17. The minimum atomic E-state index is -0.583. The zero-order chi connectivity index (χ0) is 18.2. The summed E-state index contributed by atoms with van der Waals surface area (Å²) >= 11 is 0. The van der Waals surface area contributed by atoms with E-state index in [4.69, 9.17) is 0 Å². The molecular formula is C20H24FN3O2. The van der Waals surface area contributed by atoms with Gasteiger partial charge in [0.25, 0.3) is 0 Å². The van der Waals surface area contributed by atoms with Gasteiger partial charge in [-0.25, -0.2) is 4.39 Å². The molecule has 26 heavy (non-hydrogen) atoms. The lowest BCUT2D eigenvalue weighted by Gasteiger charge is -2.60. The van der Waals surface area contributed by atoms with E-state index in [-0.39, 0.29) is 23.8 Å². The molecule has 0 spiro atoms. The number of benzene rings is 1. The second-order valence-corrected chi connectivity index (χ2v) is 8.59. The summed E-state index contributed by atoms with van der Waals surface area (Å²) < 4.78 is 16.1. The van der Waals surface area contributed by atoms with Crippen molar-refractivity contribution < 1.29 is 14.3 Å². The fourth-order valence-corrected chi connectivity index (χ4v) is 5.89. The molecule has 2 aromatic rings. The van der Waals surface area contributed by atoms with E-state index in [1.54, 1.807) is 17.8 Å². The van der Waals surface area contributed by atoms with Crippen molar-refractivity contribution in [3.63, 3.8) is 0 Å². The molecule has 6 heteroatoms. The quantitative estimate of drug-likeness (QED) is 0.899. The molecule has 4 bridgehead atoms. The average Bonchev–Trinajstić information content (AvgIpc) is 2.90. The predicted molar refractivity (Wildman–Crippen MR) is 95.0 cm³/mol. The molecule has 1 amide bonds. The lowest BCUT2D eigenvalue weighted by Crippen LogP contribution is -2.66. The Morgan fingerprint density at radius 2 is 2.00 bits per heavy atom. The van der Waals surface area contributed by atoms with E-state index in [2.05, 4.69) is 5.10 Å². The van der Waals surface area contributed by atoms with Crippen LogP contribution in [0.3, 0.4) is 0 Å². The van der Waals surface area contributed by atoms with Crippen molar-refractivity contribution in [1.29, 1.82) is 0 Å². The van der Waals surface area contributed by atoms with Gasteiger partial charge in [-0.05, 0) is 57.1 Å². The minimum Gasteiger partial charge on any atom is -0.390 e. The highest BCUT2D eigenvalue weighted by Crippen LogP contribution is 2.52. The summed E-state index contributed by atoms with van der Waals surface area (Å²) in [6, 6.07) is 5.13. The molecule has 2 aliphatic carbocycles. The lowest BCUT2D eigenvalue weighted by atomic mass is 9.61. The standard InChI is InChI=1S/C20H24FN3O2/c1-11(18-17-15(21)4-3-5-16(17)23(2)22-18)19(25)24-13-6-12-7-14(24)10-20(26,8-12)9-13/h3-5,11-14,26H,6-10H2,1-2H3. The van der Waals surface area contributed by atoms with Crippen molar-refractivity contribution in [2.75, 3.05) is 0 Å². The van der Waals surface area contributed by atoms with Crippen molar-refractivity contribution in [1.82, 2.24) is 14.7 Å². The summed E-state index contributed by atoms with van der Waals surface area (Å²) in [6.45, 7) is 1.83. The Morgan fingerprint density at radius 1 is 1.31 bits per heavy atom. The highest BCUT2D eigenvalue weighted by molar-refractivity contribution is 5.91. The number of aromatic nitrogens is 2. The number of aryl methyl sites for hydroxylation is 1. The van der Waals surface area contributed by atoms with Gasteiger partial charge < -0.3 is 10.0 Å². The van der Waals surface area contributed by atoms with E-state index in [0.717, 1.165) is 19.3 Å². The minimum absolute atomic E-state index is 0.0191. The zero-order valence-corrected chi connectivity index (χ0v) is 15.2. The molecule has 0 radical (unpaired) electrons. The van der Waals surface area contributed by atoms with Gasteiger partial charge in [-0.15, -0.1) is 0 Å². The maximum Gasteiger partial charge on any atom is 0.232 e. The molecule has 3 atom stereocenters. The van der Waals surface area contributed by atoms with Crippen LogP contribution in [0.1, 0.15) is 50.6 Å². The van der Waals surface area contributed by atoms with E-state index in [1.807, 2.05) is 17.9 Å². The van der Waals surface area contributed by atoms with Crippen molar-refractivity contribution in [3.8, 4) is 0 Å². The molecule has 3 heterocycles. The van der Waals surface area contributed by atoms with Crippen LogP contribution in [-0.4, -0.2) is 43.4 Å². The summed E-state index contributed by atoms with van der Waals surface area (Å²) in [7, 11) is 1.78. The molecule has 1 N–H and O–H groups in total. The third-order valence-corrected chi connectivity index (χ3v) is 6.79. The maximum absolute atomic E-state index is 14.5. The first kappa shape index (κ1) is 16.2. The fourth-order valence-electron chi connectivity index (χ4n) is 5.89. The van der Waals surface area contributed by atoms with E-state index in [1.165, 1.54) is 6.07 Å². The van der Waals surface area contributed by atoms with Crippen molar-refractivity contribution >= 4 is 16.8 Å². The van der Waals surface area contributed by atoms with Gasteiger partial charge in [0, 0.05) is 19.1 Å². The fraction of sp³-hybridized carbons (Fsp3) is 0.600. The van der Waals surface area contributed by atoms with Crippen LogP contribution in [-0.2, 0) is 11.8 Å². The van der Waals surface area contributed by atoms with Gasteiger partial charge in [-0.2, -0.15) is 5.10 Å². The van der Waals surface area contributed by atoms with E-state index in [0.29, 0.717) is 35.4 Å². The van der Waals surface area contributed by atoms with E-state index < -0.39 is 11.5 Å². The Labute approximate surface area is 151 Å². The van der Waals surface area contributed by atoms with Gasteiger partial charge in [0.05, 0.1) is 28.1 Å². The highest BCUT2D eigenvalue weighted by atomic mass is 19.1. The number of carbonyl (C=O) groups excluding carboxylic acids is 1. The van der Waals surface area contributed by atoms with Crippen LogP contribution in [0.15, 0.2) is 18.2 Å². The van der Waals surface area contributed by atoms with E-state index in [9.17, 15) is 14.3 Å². The summed E-state index contributed by atoms with van der Waals surface area (Å²) in [5, 5.41) is 15.7. The topological polar surface area (TPSA) is 58.4 Å². The van der Waals surface area contributed by atoms with Gasteiger partial charge >= 0.3 is 0 Å². The molecule has 6 rings (SSSR count). The Balaban J connectivity index is 1.50. The molecule has 3 unspecified atom stereocenters. The van der Waals surface area contributed by atoms with Gasteiger partial charge in [0.2, 0.25) is 5.91 Å². The first-order valence-electron chi connectivity index (χ1n) is 9.52. The first-order chi connectivity index (χ1) is 12.4. The van der Waals surface area contributed by atoms with Crippen LogP contribution in [0, 0.1) is 11.7 Å². The molecule has 2 saturated heterocycles. The summed E-state index contributed by atoms with van der Waals surface area (Å²) in [5.41, 5.74) is 0.632. The first-order valence-corrected chi connectivity index (χ1v) is 9.52. The van der Waals surface area contributed by atoms with Crippen LogP contribution in [0.5, 0.6) is 0 Å². The monoisotopic (exact) mass is 357 g/mol. The molecule has 2 saturated carbocycles. The normalized spacial score (nSPS) is 33.8. The largest absolute Gasteiger partial charge is 0.390 e. The zero-order valence-electron chi connectivity index (χ0n) is 15.2.